The molecule has 0 bridgehead atoms. The maximum atomic E-state index is 12.0. The molecule has 4 rings (SSSR count). The van der Waals surface area contributed by atoms with Crippen LogP contribution in [0.3, 0.4) is 0 Å². The minimum atomic E-state index is -0.634. The van der Waals surface area contributed by atoms with Crippen molar-refractivity contribution >= 4 is 11.9 Å². The Balaban J connectivity index is 1.33. The van der Waals surface area contributed by atoms with Gasteiger partial charge in [0.2, 0.25) is 5.75 Å². The van der Waals surface area contributed by atoms with Gasteiger partial charge in [0, 0.05) is 44.9 Å². The van der Waals surface area contributed by atoms with Crippen molar-refractivity contribution in [3.05, 3.63) is 17.8 Å². The van der Waals surface area contributed by atoms with Gasteiger partial charge in [-0.05, 0) is 38.8 Å². The van der Waals surface area contributed by atoms with Crippen molar-refractivity contribution in [1.82, 2.24) is 19.6 Å². The molecule has 1 aromatic rings. The van der Waals surface area contributed by atoms with E-state index in [1.807, 2.05) is 0 Å². The normalized spacial score (nSPS) is 23.6. The lowest BCUT2D eigenvalue weighted by Crippen LogP contribution is -2.46. The minimum absolute atomic E-state index is 0.278. The number of carbonyl (C=O) groups excluding carboxylic acids is 2. The van der Waals surface area contributed by atoms with Gasteiger partial charge in [-0.1, -0.05) is 6.92 Å². The van der Waals surface area contributed by atoms with Gasteiger partial charge in [0.05, 0.1) is 6.61 Å². The zero-order valence-electron chi connectivity index (χ0n) is 17.5. The molecule has 0 aliphatic carbocycles. The number of aromatic nitrogens is 2. The van der Waals surface area contributed by atoms with Crippen LogP contribution in [0.15, 0.2) is 12.2 Å². The summed E-state index contributed by atoms with van der Waals surface area (Å²) in [6.07, 6.45) is 5.12. The summed E-state index contributed by atoms with van der Waals surface area (Å²) >= 11 is 0. The van der Waals surface area contributed by atoms with Crippen LogP contribution in [0.4, 0.5) is 0 Å². The van der Waals surface area contributed by atoms with E-state index in [-0.39, 0.29) is 5.75 Å². The van der Waals surface area contributed by atoms with E-state index in [0.29, 0.717) is 31.1 Å². The van der Waals surface area contributed by atoms with E-state index in [2.05, 4.69) is 21.8 Å². The Morgan fingerprint density at radius 2 is 1.83 bits per heavy atom. The number of esters is 2. The van der Waals surface area contributed by atoms with Crippen LogP contribution in [0.1, 0.15) is 44.4 Å². The van der Waals surface area contributed by atoms with Crippen LogP contribution in [0.25, 0.3) is 0 Å². The zero-order chi connectivity index (χ0) is 20.9. The second-order valence-corrected chi connectivity index (χ2v) is 7.90. The summed E-state index contributed by atoms with van der Waals surface area (Å²) in [5.41, 5.74) is 0.607. The molecule has 1 aromatic heterocycles. The van der Waals surface area contributed by atoms with E-state index in [0.717, 1.165) is 70.7 Å². The molecule has 0 aromatic carbocycles. The Labute approximate surface area is 176 Å². The van der Waals surface area contributed by atoms with Gasteiger partial charge in [0.15, 0.2) is 0 Å². The number of ether oxygens (including phenoxy) is 3. The van der Waals surface area contributed by atoms with Gasteiger partial charge in [0.1, 0.15) is 11.8 Å². The first-order chi connectivity index (χ1) is 14.6. The average Bonchev–Trinajstić information content (AvgIpc) is 3.12. The number of aryl methyl sites for hydroxylation is 1. The van der Waals surface area contributed by atoms with E-state index >= 15 is 0 Å². The molecule has 0 spiro atoms. The molecule has 0 saturated carbocycles. The largest absolute Gasteiger partial charge is 0.474 e. The third-order valence-electron chi connectivity index (χ3n) is 5.89. The molecule has 9 nitrogen and oxygen atoms in total. The summed E-state index contributed by atoms with van der Waals surface area (Å²) in [5, 5.41) is 4.48. The number of hydrogen-bond donors (Lipinski definition) is 0. The van der Waals surface area contributed by atoms with Gasteiger partial charge in [-0.15, -0.1) is 5.10 Å². The maximum Gasteiger partial charge on any atom is 0.336 e. The molecule has 30 heavy (non-hydrogen) atoms. The summed E-state index contributed by atoms with van der Waals surface area (Å²) in [5.74, 6) is -0.611. The molecule has 1 saturated heterocycles. The first kappa shape index (κ1) is 20.9. The van der Waals surface area contributed by atoms with Gasteiger partial charge in [-0.25, -0.2) is 9.59 Å². The fourth-order valence-corrected chi connectivity index (χ4v) is 4.17. The maximum absolute atomic E-state index is 12.0. The van der Waals surface area contributed by atoms with Gasteiger partial charge < -0.3 is 24.0 Å². The standard InChI is InChI=1S/C21H30N4O5/c1-2-23-11-13-24(14-12-23)9-3-4-15-28-21-20-19-16(6-5-10-25(19)22-21)29-17(26)7-8-18(27)30-20/h7-8,16H,2-6,9-15H2,1H3/b8-7-. The summed E-state index contributed by atoms with van der Waals surface area (Å²) < 4.78 is 18.6. The third-order valence-corrected chi connectivity index (χ3v) is 5.89. The molecule has 9 heteroatoms. The quantitative estimate of drug-likeness (QED) is 0.487. The molecule has 3 aliphatic rings. The number of nitrogens with zero attached hydrogens (tertiary/aromatic N) is 4. The van der Waals surface area contributed by atoms with Crippen LogP contribution in [0, 0.1) is 0 Å². The Morgan fingerprint density at radius 1 is 1.07 bits per heavy atom. The highest BCUT2D eigenvalue weighted by Crippen LogP contribution is 2.41. The third kappa shape index (κ3) is 4.84. The SMILES string of the molecule is CCN1CCN(CCCCOc2nn3c4c2OC(=O)/C=C\C(=O)OC4CCC3)CC1. The second kappa shape index (κ2) is 9.61. The van der Waals surface area contributed by atoms with Crippen LogP contribution in [0.5, 0.6) is 11.6 Å². The Bertz CT molecular complexity index is 798. The Kier molecular flexibility index (Phi) is 6.69. The zero-order valence-corrected chi connectivity index (χ0v) is 17.5. The predicted octanol–water partition coefficient (Wildman–Crippen LogP) is 1.53. The van der Waals surface area contributed by atoms with Crippen LogP contribution in [-0.2, 0) is 20.9 Å². The molecular formula is C21H30N4O5. The van der Waals surface area contributed by atoms with E-state index in [1.54, 1.807) is 4.68 Å². The Hall–Kier alpha value is -2.39. The van der Waals surface area contributed by atoms with E-state index in [1.165, 1.54) is 0 Å². The van der Waals surface area contributed by atoms with Crippen molar-refractivity contribution in [3.8, 4) is 11.6 Å². The van der Waals surface area contributed by atoms with Crippen LogP contribution < -0.4 is 9.47 Å². The lowest BCUT2D eigenvalue weighted by molar-refractivity contribution is -0.144. The molecule has 1 unspecified atom stereocenters. The van der Waals surface area contributed by atoms with E-state index in [9.17, 15) is 9.59 Å². The van der Waals surface area contributed by atoms with Crippen molar-refractivity contribution in [2.24, 2.45) is 0 Å². The van der Waals surface area contributed by atoms with Crippen LogP contribution in [-0.4, -0.2) is 77.4 Å². The lowest BCUT2D eigenvalue weighted by Gasteiger charge is -2.33. The van der Waals surface area contributed by atoms with E-state index < -0.39 is 18.0 Å². The molecule has 164 valence electrons. The number of hydrogen-bond acceptors (Lipinski definition) is 8. The first-order valence-corrected chi connectivity index (χ1v) is 10.9. The van der Waals surface area contributed by atoms with E-state index in [4.69, 9.17) is 14.2 Å². The summed E-state index contributed by atoms with van der Waals surface area (Å²) in [6.45, 7) is 10.1. The molecule has 3 aliphatic heterocycles. The van der Waals surface area contributed by atoms with Crippen LogP contribution in [0.2, 0.25) is 0 Å². The summed E-state index contributed by atoms with van der Waals surface area (Å²) in [7, 11) is 0. The fraction of sp³-hybridized carbons (Fsp3) is 0.667. The van der Waals surface area contributed by atoms with Crippen molar-refractivity contribution in [1.29, 1.82) is 0 Å². The predicted molar refractivity (Wildman–Crippen MR) is 108 cm³/mol. The molecular weight excluding hydrogens is 388 g/mol. The van der Waals surface area contributed by atoms with Gasteiger partial charge in [0.25, 0.3) is 5.88 Å². The molecule has 0 N–H and O–H groups in total. The highest BCUT2D eigenvalue weighted by atomic mass is 16.6. The minimum Gasteiger partial charge on any atom is -0.474 e. The molecule has 4 heterocycles. The number of piperazine rings is 1. The van der Waals surface area contributed by atoms with Gasteiger partial charge >= 0.3 is 11.9 Å². The molecule has 0 radical (unpaired) electrons. The summed E-state index contributed by atoms with van der Waals surface area (Å²) in [4.78, 5) is 28.9. The average molecular weight is 418 g/mol. The Morgan fingerprint density at radius 3 is 2.63 bits per heavy atom. The van der Waals surface area contributed by atoms with Crippen molar-refractivity contribution in [2.75, 3.05) is 45.9 Å². The fourth-order valence-electron chi connectivity index (χ4n) is 4.17. The molecule has 1 fully saturated rings. The van der Waals surface area contributed by atoms with Crippen LogP contribution >= 0.6 is 0 Å². The first-order valence-electron chi connectivity index (χ1n) is 10.9. The van der Waals surface area contributed by atoms with Crippen molar-refractivity contribution in [3.63, 3.8) is 0 Å². The summed E-state index contributed by atoms with van der Waals surface area (Å²) in [6, 6.07) is 0. The number of likely N-dealkylation sites (N-methyl/N-ethyl adjacent to an activating group) is 1. The number of carbonyl (C=O) groups is 2. The smallest absolute Gasteiger partial charge is 0.336 e. The van der Waals surface area contributed by atoms with Crippen molar-refractivity contribution < 1.29 is 23.8 Å². The van der Waals surface area contributed by atoms with Gasteiger partial charge in [-0.2, -0.15) is 0 Å². The second-order valence-electron chi connectivity index (χ2n) is 7.90. The highest BCUT2D eigenvalue weighted by Gasteiger charge is 2.34. The highest BCUT2D eigenvalue weighted by molar-refractivity contribution is 5.93. The number of unbranched alkanes of at least 4 members (excludes halogenated alkanes) is 1. The van der Waals surface area contributed by atoms with Crippen molar-refractivity contribution in [2.45, 2.75) is 45.3 Å². The lowest BCUT2D eigenvalue weighted by atomic mass is 10.1. The number of rotatable bonds is 7. The molecule has 0 amide bonds. The van der Waals surface area contributed by atoms with Gasteiger partial charge in [-0.3, -0.25) is 4.68 Å². The monoisotopic (exact) mass is 418 g/mol. The topological polar surface area (TPSA) is 86.1 Å². The molecule has 1 atom stereocenters.